The molecule has 0 aliphatic rings. The predicted molar refractivity (Wildman–Crippen MR) is 91.1 cm³/mol. The first-order valence-corrected chi connectivity index (χ1v) is 8.35. The number of hydrogen-bond donors (Lipinski definition) is 1. The lowest BCUT2D eigenvalue weighted by atomic mass is 10.1. The average molecular weight is 348 g/mol. The maximum atomic E-state index is 12.1. The Bertz CT molecular complexity index is 725. The van der Waals surface area contributed by atoms with Crippen LogP contribution in [0.2, 0.25) is 0 Å². The number of aryl methyl sites for hydroxylation is 2. The lowest BCUT2D eigenvalue weighted by molar-refractivity contribution is -0.132. The standard InChI is InChI=1S/C15H20N6O2S/c1-10-6-5-7-11(2)14(10)21-15(17-18-19-21)24-9-13(23)20(4)8-12(22)16-3/h5-7H,8-9H2,1-4H3,(H,16,22). The molecular weight excluding hydrogens is 328 g/mol. The van der Waals surface area contributed by atoms with Crippen LogP contribution in [-0.4, -0.2) is 63.3 Å². The van der Waals surface area contributed by atoms with Gasteiger partial charge in [0.2, 0.25) is 17.0 Å². The van der Waals surface area contributed by atoms with Crippen molar-refractivity contribution >= 4 is 23.6 Å². The van der Waals surface area contributed by atoms with Crippen molar-refractivity contribution in [2.75, 3.05) is 26.4 Å². The van der Waals surface area contributed by atoms with Crippen molar-refractivity contribution in [3.05, 3.63) is 29.3 Å². The Labute approximate surface area is 144 Å². The molecular formula is C15H20N6O2S. The Hall–Kier alpha value is -2.42. The molecule has 1 heterocycles. The zero-order valence-electron chi connectivity index (χ0n) is 14.1. The van der Waals surface area contributed by atoms with Crippen molar-refractivity contribution in [2.24, 2.45) is 0 Å². The van der Waals surface area contributed by atoms with Gasteiger partial charge in [-0.05, 0) is 35.4 Å². The van der Waals surface area contributed by atoms with E-state index in [-0.39, 0.29) is 24.1 Å². The smallest absolute Gasteiger partial charge is 0.239 e. The van der Waals surface area contributed by atoms with Gasteiger partial charge in [0.1, 0.15) is 0 Å². The van der Waals surface area contributed by atoms with Crippen LogP contribution in [0.3, 0.4) is 0 Å². The minimum Gasteiger partial charge on any atom is -0.358 e. The summed E-state index contributed by atoms with van der Waals surface area (Å²) < 4.78 is 1.64. The largest absolute Gasteiger partial charge is 0.358 e. The number of carbonyl (C=O) groups excluding carboxylic acids is 2. The summed E-state index contributed by atoms with van der Waals surface area (Å²) in [5, 5.41) is 14.8. The van der Waals surface area contributed by atoms with Crippen LogP contribution in [0.25, 0.3) is 5.69 Å². The molecule has 24 heavy (non-hydrogen) atoms. The van der Waals surface area contributed by atoms with E-state index in [0.717, 1.165) is 16.8 Å². The molecule has 0 spiro atoms. The van der Waals surface area contributed by atoms with Gasteiger partial charge in [-0.2, -0.15) is 4.68 Å². The van der Waals surface area contributed by atoms with Crippen LogP contribution in [-0.2, 0) is 9.59 Å². The van der Waals surface area contributed by atoms with Gasteiger partial charge in [0, 0.05) is 14.1 Å². The van der Waals surface area contributed by atoms with E-state index in [1.54, 1.807) is 11.7 Å². The molecule has 128 valence electrons. The van der Waals surface area contributed by atoms with Crippen molar-refractivity contribution in [3.63, 3.8) is 0 Å². The molecule has 2 rings (SSSR count). The van der Waals surface area contributed by atoms with Crippen LogP contribution < -0.4 is 5.32 Å². The van der Waals surface area contributed by atoms with Crippen LogP contribution in [0, 0.1) is 13.8 Å². The third-order valence-corrected chi connectivity index (χ3v) is 4.41. The molecule has 1 N–H and O–H groups in total. The maximum absolute atomic E-state index is 12.1. The van der Waals surface area contributed by atoms with Crippen LogP contribution in [0.1, 0.15) is 11.1 Å². The summed E-state index contributed by atoms with van der Waals surface area (Å²) in [6.07, 6.45) is 0. The molecule has 0 bridgehead atoms. The highest BCUT2D eigenvalue weighted by Gasteiger charge is 2.17. The fourth-order valence-electron chi connectivity index (χ4n) is 2.17. The lowest BCUT2D eigenvalue weighted by Gasteiger charge is -2.15. The first-order valence-electron chi connectivity index (χ1n) is 7.36. The summed E-state index contributed by atoms with van der Waals surface area (Å²) >= 11 is 1.24. The molecule has 0 saturated heterocycles. The molecule has 2 aromatic rings. The fraction of sp³-hybridized carbons (Fsp3) is 0.400. The zero-order chi connectivity index (χ0) is 17.7. The topological polar surface area (TPSA) is 93.0 Å². The molecule has 0 fully saturated rings. The quantitative estimate of drug-likeness (QED) is 0.768. The van der Waals surface area contributed by atoms with Gasteiger partial charge in [-0.25, -0.2) is 0 Å². The van der Waals surface area contributed by atoms with Crippen molar-refractivity contribution in [2.45, 2.75) is 19.0 Å². The van der Waals surface area contributed by atoms with Crippen LogP contribution in [0.4, 0.5) is 0 Å². The second-order valence-electron chi connectivity index (χ2n) is 5.33. The number of thioether (sulfide) groups is 1. The van der Waals surface area contributed by atoms with Crippen LogP contribution >= 0.6 is 11.8 Å². The summed E-state index contributed by atoms with van der Waals surface area (Å²) in [6, 6.07) is 5.95. The number of likely N-dealkylation sites (N-methyl/N-ethyl adjacent to an activating group) is 2. The Balaban J connectivity index is 2.09. The Kier molecular flexibility index (Phi) is 5.91. The van der Waals surface area contributed by atoms with E-state index in [2.05, 4.69) is 20.8 Å². The molecule has 1 aromatic heterocycles. The number of para-hydroxylation sites is 1. The molecule has 0 saturated carbocycles. The molecule has 1 aromatic carbocycles. The van der Waals surface area contributed by atoms with E-state index in [1.165, 1.54) is 23.7 Å². The van der Waals surface area contributed by atoms with E-state index in [1.807, 2.05) is 32.0 Å². The summed E-state index contributed by atoms with van der Waals surface area (Å²) in [5.41, 5.74) is 3.01. The van der Waals surface area contributed by atoms with Crippen LogP contribution in [0.5, 0.6) is 0 Å². The Morgan fingerprint density at radius 2 is 1.96 bits per heavy atom. The number of rotatable bonds is 6. The molecule has 9 heteroatoms. The third-order valence-electron chi connectivity index (χ3n) is 3.50. The minimum atomic E-state index is -0.212. The molecule has 0 aliphatic heterocycles. The highest BCUT2D eigenvalue weighted by molar-refractivity contribution is 7.99. The second-order valence-corrected chi connectivity index (χ2v) is 6.27. The maximum Gasteiger partial charge on any atom is 0.239 e. The molecule has 0 atom stereocenters. The summed E-state index contributed by atoms with van der Waals surface area (Å²) in [5.74, 6) is -0.227. The van der Waals surface area contributed by atoms with E-state index < -0.39 is 0 Å². The SMILES string of the molecule is CNC(=O)CN(C)C(=O)CSc1nnnn1-c1c(C)cccc1C. The predicted octanol–water partition coefficient (Wildman–Crippen LogP) is 0.576. The number of carbonyl (C=O) groups is 2. The van der Waals surface area contributed by atoms with Crippen molar-refractivity contribution in [3.8, 4) is 5.69 Å². The Morgan fingerprint density at radius 1 is 1.29 bits per heavy atom. The van der Waals surface area contributed by atoms with Gasteiger partial charge in [-0.15, -0.1) is 5.10 Å². The van der Waals surface area contributed by atoms with E-state index in [4.69, 9.17) is 0 Å². The van der Waals surface area contributed by atoms with Crippen molar-refractivity contribution in [1.29, 1.82) is 0 Å². The summed E-state index contributed by atoms with van der Waals surface area (Å²) in [6.45, 7) is 4.00. The minimum absolute atomic E-state index is 0.0255. The van der Waals surface area contributed by atoms with Gasteiger partial charge in [0.25, 0.3) is 0 Å². The van der Waals surface area contributed by atoms with E-state index >= 15 is 0 Å². The first-order chi connectivity index (χ1) is 11.4. The van der Waals surface area contributed by atoms with Gasteiger partial charge in [-0.1, -0.05) is 30.0 Å². The highest BCUT2D eigenvalue weighted by Crippen LogP contribution is 2.23. The van der Waals surface area contributed by atoms with Crippen LogP contribution in [0.15, 0.2) is 23.4 Å². The summed E-state index contributed by atoms with van der Waals surface area (Å²) in [4.78, 5) is 24.8. The number of amides is 2. The molecule has 8 nitrogen and oxygen atoms in total. The van der Waals surface area contributed by atoms with Gasteiger partial charge in [0.05, 0.1) is 18.0 Å². The second kappa shape index (κ2) is 7.91. The van der Waals surface area contributed by atoms with Gasteiger partial charge in [-0.3, -0.25) is 9.59 Å². The number of nitrogens with zero attached hydrogens (tertiary/aromatic N) is 5. The zero-order valence-corrected chi connectivity index (χ0v) is 14.9. The Morgan fingerprint density at radius 3 is 2.58 bits per heavy atom. The third kappa shape index (κ3) is 4.10. The molecule has 0 aliphatic carbocycles. The number of benzene rings is 1. The van der Waals surface area contributed by atoms with Crippen molar-refractivity contribution in [1.82, 2.24) is 30.4 Å². The van der Waals surface area contributed by atoms with E-state index in [9.17, 15) is 9.59 Å². The number of tetrazole rings is 1. The number of hydrogen-bond acceptors (Lipinski definition) is 6. The van der Waals surface area contributed by atoms with Gasteiger partial charge >= 0.3 is 0 Å². The lowest BCUT2D eigenvalue weighted by Crippen LogP contribution is -2.37. The number of nitrogens with one attached hydrogen (secondary N) is 1. The summed E-state index contributed by atoms with van der Waals surface area (Å²) in [7, 11) is 3.13. The molecule has 2 amide bonds. The average Bonchev–Trinajstić information content (AvgIpc) is 3.00. The van der Waals surface area contributed by atoms with Crippen molar-refractivity contribution < 1.29 is 9.59 Å². The normalized spacial score (nSPS) is 10.5. The first kappa shape index (κ1) is 17.9. The molecule has 0 unspecified atom stereocenters. The van der Waals surface area contributed by atoms with Gasteiger partial charge < -0.3 is 10.2 Å². The molecule has 0 radical (unpaired) electrons. The van der Waals surface area contributed by atoms with E-state index in [0.29, 0.717) is 5.16 Å². The number of aromatic nitrogens is 4. The monoisotopic (exact) mass is 348 g/mol. The fourth-order valence-corrected chi connectivity index (χ4v) is 2.99. The van der Waals surface area contributed by atoms with Gasteiger partial charge in [0.15, 0.2) is 0 Å². The highest BCUT2D eigenvalue weighted by atomic mass is 32.2.